The molecule has 3 aromatic carbocycles. The lowest BCUT2D eigenvalue weighted by Gasteiger charge is -2.31. The molecule has 0 unspecified atom stereocenters. The molecule has 0 aliphatic heterocycles. The molecule has 0 aromatic heterocycles. The van der Waals surface area contributed by atoms with Gasteiger partial charge in [-0.1, -0.05) is 48.5 Å². The Morgan fingerprint density at radius 1 is 1.00 bits per heavy atom. The van der Waals surface area contributed by atoms with Gasteiger partial charge >= 0.3 is 12.1 Å². The van der Waals surface area contributed by atoms with Crippen LogP contribution in [0.4, 0.5) is 13.2 Å². The molecule has 1 aliphatic carbocycles. The number of carboxylic acids is 1. The highest BCUT2D eigenvalue weighted by Crippen LogP contribution is 2.36. The van der Waals surface area contributed by atoms with Gasteiger partial charge in [0.25, 0.3) is 0 Å². The number of hydrogen-bond donors (Lipinski definition) is 3. The van der Waals surface area contributed by atoms with Crippen molar-refractivity contribution in [3.8, 4) is 11.1 Å². The zero-order chi connectivity index (χ0) is 32.3. The van der Waals surface area contributed by atoms with Gasteiger partial charge < -0.3 is 15.5 Å². The Kier molecular flexibility index (Phi) is 10.2. The van der Waals surface area contributed by atoms with E-state index in [-0.39, 0.29) is 37.0 Å². The van der Waals surface area contributed by atoms with Crippen molar-refractivity contribution in [3.63, 3.8) is 0 Å². The van der Waals surface area contributed by atoms with Crippen molar-refractivity contribution in [2.45, 2.75) is 68.7 Å². The number of aliphatic carboxylic acids is 1. The van der Waals surface area contributed by atoms with Gasteiger partial charge in [-0.3, -0.25) is 4.79 Å². The number of halogens is 3. The third kappa shape index (κ3) is 8.68. The first-order chi connectivity index (χ1) is 20.5. The maximum absolute atomic E-state index is 13.9. The summed E-state index contributed by atoms with van der Waals surface area (Å²) in [6.07, 6.45) is -3.08. The van der Waals surface area contributed by atoms with Gasteiger partial charge in [0.15, 0.2) is 0 Å². The Balaban J connectivity index is 1.45. The average molecular weight is 633 g/mol. The summed E-state index contributed by atoms with van der Waals surface area (Å²) in [4.78, 5) is 10.4. The minimum atomic E-state index is -4.81. The molecule has 0 fully saturated rings. The molecule has 0 heterocycles. The number of carbonyl (C=O) groups is 1. The van der Waals surface area contributed by atoms with Gasteiger partial charge in [0.05, 0.1) is 16.6 Å². The highest BCUT2D eigenvalue weighted by atomic mass is 32.2. The number of alkyl halides is 3. The van der Waals surface area contributed by atoms with Crippen LogP contribution in [0.1, 0.15) is 48.9 Å². The molecule has 0 bridgehead atoms. The van der Waals surface area contributed by atoms with Crippen molar-refractivity contribution >= 4 is 16.0 Å². The zero-order valence-electron chi connectivity index (χ0n) is 25.1. The van der Waals surface area contributed by atoms with Crippen LogP contribution in [0.2, 0.25) is 0 Å². The predicted octanol–water partition coefficient (Wildman–Crippen LogP) is 5.54. The van der Waals surface area contributed by atoms with Gasteiger partial charge in [-0.15, -0.1) is 0 Å². The molecule has 0 saturated heterocycles. The van der Waals surface area contributed by atoms with Crippen LogP contribution in [0, 0.1) is 5.92 Å². The quantitative estimate of drug-likeness (QED) is 0.228. The summed E-state index contributed by atoms with van der Waals surface area (Å²) in [6.45, 7) is 3.84. The van der Waals surface area contributed by atoms with Crippen LogP contribution in [0.5, 0.6) is 0 Å². The molecule has 7 nitrogen and oxygen atoms in total. The van der Waals surface area contributed by atoms with E-state index < -0.39 is 38.7 Å². The first-order valence-electron chi connectivity index (χ1n) is 14.5. The van der Waals surface area contributed by atoms with Crippen LogP contribution in [0.3, 0.4) is 0 Å². The fraction of sp³-hybridized carbons (Fsp3) is 0.424. The first-order valence-corrected chi connectivity index (χ1v) is 16.0. The minimum absolute atomic E-state index is 0.0296. The molecular weight excluding hydrogens is 593 g/mol. The SMILES string of the molecule is CN(C[C@H](O)CNC(C)(C)CC1Cc2ccccc2C1)S(=O)(=O)c1cc(-c2cccc(CCC(=O)O)c2)cc(C(F)(F)F)c1. The standard InChI is InChI=1S/C33H39F3N2O5S/c1-32(2,19-23-14-24-8-4-5-9-25(24)15-23)37-20-29(39)21-38(3)44(42,43)30-17-27(16-28(18-30)33(34,35)36)26-10-6-7-22(13-26)11-12-31(40)41/h4-10,13,16-18,23,29,37,39H,11-12,14-15,19-21H2,1-3H3,(H,40,41)/t29-/m1/s1. The lowest BCUT2D eigenvalue weighted by atomic mass is 9.88. The number of likely N-dealkylation sites (N-methyl/N-ethyl adjacent to an activating group) is 1. The molecule has 0 spiro atoms. The van der Waals surface area contributed by atoms with Gasteiger partial charge in [0.2, 0.25) is 10.0 Å². The molecule has 4 rings (SSSR count). The second-order valence-corrected chi connectivity index (χ2v) is 14.3. The smallest absolute Gasteiger partial charge is 0.416 e. The van der Waals surface area contributed by atoms with Crippen molar-refractivity contribution in [2.24, 2.45) is 5.92 Å². The third-order valence-corrected chi connectivity index (χ3v) is 9.85. The molecule has 3 aromatic rings. The fourth-order valence-corrected chi connectivity index (χ4v) is 7.14. The van der Waals surface area contributed by atoms with Crippen molar-refractivity contribution in [1.82, 2.24) is 9.62 Å². The fourth-order valence-electron chi connectivity index (χ4n) is 5.86. The molecule has 0 saturated carbocycles. The van der Waals surface area contributed by atoms with E-state index in [2.05, 4.69) is 17.4 Å². The zero-order valence-corrected chi connectivity index (χ0v) is 25.9. The monoisotopic (exact) mass is 632 g/mol. The number of aliphatic hydroxyl groups is 1. The summed E-state index contributed by atoms with van der Waals surface area (Å²) in [5.74, 6) is -0.560. The van der Waals surface area contributed by atoms with Gasteiger partial charge in [-0.05, 0) is 91.5 Å². The summed E-state index contributed by atoms with van der Waals surface area (Å²) < 4.78 is 69.4. The maximum Gasteiger partial charge on any atom is 0.416 e. The Bertz CT molecular complexity index is 1570. The summed E-state index contributed by atoms with van der Waals surface area (Å²) in [5.41, 5.74) is 2.19. The Hall–Kier alpha value is -3.25. The number of β-amino-alcohol motifs (C(OH)–C–C–N with tert-alkyl or cyclic N) is 1. The molecule has 0 amide bonds. The van der Waals surface area contributed by atoms with E-state index in [1.54, 1.807) is 24.3 Å². The van der Waals surface area contributed by atoms with E-state index in [9.17, 15) is 31.5 Å². The number of aliphatic hydroxyl groups excluding tert-OH is 1. The lowest BCUT2D eigenvalue weighted by molar-refractivity contribution is -0.138. The molecule has 3 N–H and O–H groups in total. The third-order valence-electron chi connectivity index (χ3n) is 8.05. The van der Waals surface area contributed by atoms with Crippen LogP contribution in [-0.4, -0.2) is 60.7 Å². The van der Waals surface area contributed by atoms with Gasteiger partial charge in [0.1, 0.15) is 0 Å². The van der Waals surface area contributed by atoms with Gasteiger partial charge in [-0.2, -0.15) is 17.5 Å². The second-order valence-electron chi connectivity index (χ2n) is 12.3. The number of nitrogens with zero attached hydrogens (tertiary/aromatic N) is 1. The van der Waals surface area contributed by atoms with Gasteiger partial charge in [-0.25, -0.2) is 8.42 Å². The number of sulfonamides is 1. The summed E-state index contributed by atoms with van der Waals surface area (Å²) in [5, 5.41) is 23.0. The number of nitrogens with one attached hydrogen (secondary N) is 1. The van der Waals surface area contributed by atoms with Crippen LogP contribution < -0.4 is 5.32 Å². The van der Waals surface area contributed by atoms with E-state index in [1.165, 1.54) is 24.2 Å². The number of fused-ring (bicyclic) bond motifs is 1. The molecule has 1 atom stereocenters. The number of hydrogen-bond acceptors (Lipinski definition) is 5. The number of benzene rings is 3. The number of rotatable bonds is 13. The maximum atomic E-state index is 13.9. The normalized spacial score (nSPS) is 15.0. The van der Waals surface area contributed by atoms with E-state index in [1.807, 2.05) is 26.0 Å². The first kappa shape index (κ1) is 33.6. The van der Waals surface area contributed by atoms with E-state index >= 15 is 0 Å². The summed E-state index contributed by atoms with van der Waals surface area (Å²) >= 11 is 0. The van der Waals surface area contributed by atoms with Gasteiger partial charge in [0, 0.05) is 32.1 Å². The Morgan fingerprint density at radius 3 is 2.27 bits per heavy atom. The van der Waals surface area contributed by atoms with Crippen molar-refractivity contribution in [1.29, 1.82) is 0 Å². The van der Waals surface area contributed by atoms with Crippen molar-refractivity contribution < 1.29 is 36.6 Å². The molecule has 1 aliphatic rings. The average Bonchev–Trinajstić information content (AvgIpc) is 3.36. The van der Waals surface area contributed by atoms with Crippen LogP contribution in [0.25, 0.3) is 11.1 Å². The van der Waals surface area contributed by atoms with Crippen molar-refractivity contribution in [3.05, 3.63) is 89.0 Å². The predicted molar refractivity (Wildman–Crippen MR) is 163 cm³/mol. The molecular formula is C33H39F3N2O5S. The number of carboxylic acid groups (broad SMARTS) is 1. The number of aryl methyl sites for hydroxylation is 1. The van der Waals surface area contributed by atoms with E-state index in [0.717, 1.165) is 29.6 Å². The molecule has 0 radical (unpaired) electrons. The molecule has 238 valence electrons. The lowest BCUT2D eigenvalue weighted by Crippen LogP contribution is -2.47. The van der Waals surface area contributed by atoms with Crippen LogP contribution >= 0.6 is 0 Å². The Labute approximate surface area is 256 Å². The Morgan fingerprint density at radius 2 is 1.66 bits per heavy atom. The van der Waals surface area contributed by atoms with Crippen molar-refractivity contribution in [2.75, 3.05) is 20.1 Å². The molecule has 44 heavy (non-hydrogen) atoms. The highest BCUT2D eigenvalue weighted by molar-refractivity contribution is 7.89. The van der Waals surface area contributed by atoms with Crippen LogP contribution in [0.15, 0.2) is 71.6 Å². The largest absolute Gasteiger partial charge is 0.481 e. The second kappa shape index (κ2) is 13.4. The summed E-state index contributed by atoms with van der Waals surface area (Å²) in [6, 6.07) is 17.3. The summed E-state index contributed by atoms with van der Waals surface area (Å²) in [7, 11) is -3.19. The molecule has 11 heteroatoms. The minimum Gasteiger partial charge on any atom is -0.481 e. The topological polar surface area (TPSA) is 107 Å². The van der Waals surface area contributed by atoms with E-state index in [4.69, 9.17) is 5.11 Å². The van der Waals surface area contributed by atoms with E-state index in [0.29, 0.717) is 23.1 Å². The van der Waals surface area contributed by atoms with Crippen LogP contribution in [-0.2, 0) is 40.3 Å². The highest BCUT2D eigenvalue weighted by Gasteiger charge is 2.34.